The normalized spacial score (nSPS) is 12.4. The summed E-state index contributed by atoms with van der Waals surface area (Å²) in [6.07, 6.45) is 0. The molecule has 0 spiro atoms. The van der Waals surface area contributed by atoms with E-state index in [2.05, 4.69) is 4.72 Å². The van der Waals surface area contributed by atoms with E-state index in [0.29, 0.717) is 13.2 Å². The van der Waals surface area contributed by atoms with Crippen LogP contribution in [0.3, 0.4) is 0 Å². The van der Waals surface area contributed by atoms with Crippen molar-refractivity contribution in [2.75, 3.05) is 20.2 Å². The fourth-order valence-electron chi connectivity index (χ4n) is 2.40. The fourth-order valence-corrected chi connectivity index (χ4v) is 3.61. The molecule has 6 nitrogen and oxygen atoms in total. The van der Waals surface area contributed by atoms with Crippen LogP contribution in [0.5, 0.6) is 5.75 Å². The molecule has 0 bridgehead atoms. The standard InChI is InChI=1S/C19H24N2O4S/c1-15-8-7-9-17(14-15)25-13-12-21(3)19(22)16(2)20-26(23,24)18-10-5-4-6-11-18/h4-11,14,16,20H,12-13H2,1-3H3/t16-/m0/s1. The molecule has 0 radical (unpaired) electrons. The Hall–Kier alpha value is -2.38. The molecule has 140 valence electrons. The number of nitrogens with zero attached hydrogens (tertiary/aromatic N) is 1. The molecule has 0 saturated carbocycles. The summed E-state index contributed by atoms with van der Waals surface area (Å²) < 4.78 is 32.6. The fraction of sp³-hybridized carbons (Fsp3) is 0.316. The van der Waals surface area contributed by atoms with Crippen LogP contribution in [0, 0.1) is 6.92 Å². The highest BCUT2D eigenvalue weighted by molar-refractivity contribution is 7.89. The first-order valence-electron chi connectivity index (χ1n) is 8.31. The average Bonchev–Trinajstić information content (AvgIpc) is 2.61. The molecule has 0 fully saturated rings. The third-order valence-corrected chi connectivity index (χ3v) is 5.37. The van der Waals surface area contributed by atoms with Gasteiger partial charge >= 0.3 is 0 Å². The maximum Gasteiger partial charge on any atom is 0.241 e. The minimum absolute atomic E-state index is 0.130. The van der Waals surface area contributed by atoms with Gasteiger partial charge in [-0.1, -0.05) is 30.3 Å². The van der Waals surface area contributed by atoms with E-state index in [9.17, 15) is 13.2 Å². The van der Waals surface area contributed by atoms with Gasteiger partial charge in [-0.2, -0.15) is 4.72 Å². The van der Waals surface area contributed by atoms with E-state index in [1.165, 1.54) is 24.0 Å². The van der Waals surface area contributed by atoms with E-state index >= 15 is 0 Å². The van der Waals surface area contributed by atoms with Crippen LogP contribution in [0.15, 0.2) is 59.5 Å². The number of nitrogens with one attached hydrogen (secondary N) is 1. The minimum atomic E-state index is -3.74. The third kappa shape index (κ3) is 5.57. The Balaban J connectivity index is 1.87. The van der Waals surface area contributed by atoms with E-state index in [-0.39, 0.29) is 10.8 Å². The first kappa shape index (κ1) is 19.9. The lowest BCUT2D eigenvalue weighted by atomic mass is 10.2. The second-order valence-electron chi connectivity index (χ2n) is 6.08. The highest BCUT2D eigenvalue weighted by Crippen LogP contribution is 2.12. The molecule has 0 aliphatic carbocycles. The molecular weight excluding hydrogens is 352 g/mol. The maximum atomic E-state index is 12.4. The number of ether oxygens (including phenoxy) is 1. The predicted molar refractivity (Wildman–Crippen MR) is 101 cm³/mol. The lowest BCUT2D eigenvalue weighted by Crippen LogP contribution is -2.46. The molecule has 2 rings (SSSR count). The van der Waals surface area contributed by atoms with Crippen molar-refractivity contribution >= 4 is 15.9 Å². The van der Waals surface area contributed by atoms with Crippen molar-refractivity contribution in [2.45, 2.75) is 24.8 Å². The Labute approximate surface area is 154 Å². The Kier molecular flexibility index (Phi) is 6.76. The van der Waals surface area contributed by atoms with Gasteiger partial charge < -0.3 is 9.64 Å². The number of aryl methyl sites for hydroxylation is 1. The highest BCUT2D eigenvalue weighted by Gasteiger charge is 2.24. The van der Waals surface area contributed by atoms with Crippen molar-refractivity contribution in [2.24, 2.45) is 0 Å². The van der Waals surface area contributed by atoms with Crippen LogP contribution in [0.1, 0.15) is 12.5 Å². The summed E-state index contributed by atoms with van der Waals surface area (Å²) in [6.45, 7) is 4.18. The number of sulfonamides is 1. The molecule has 1 N–H and O–H groups in total. The number of carbonyl (C=O) groups is 1. The zero-order valence-corrected chi connectivity index (χ0v) is 16.0. The molecule has 0 unspecified atom stereocenters. The first-order valence-corrected chi connectivity index (χ1v) is 9.80. The van der Waals surface area contributed by atoms with E-state index in [4.69, 9.17) is 4.74 Å². The van der Waals surface area contributed by atoms with Gasteiger partial charge in [0.05, 0.1) is 17.5 Å². The van der Waals surface area contributed by atoms with Gasteiger partial charge in [0.25, 0.3) is 0 Å². The molecule has 0 saturated heterocycles. The summed E-state index contributed by atoms with van der Waals surface area (Å²) in [7, 11) is -2.11. The van der Waals surface area contributed by atoms with Gasteiger partial charge in [0.15, 0.2) is 0 Å². The van der Waals surface area contributed by atoms with Crippen molar-refractivity contribution in [3.63, 3.8) is 0 Å². The third-order valence-electron chi connectivity index (χ3n) is 3.82. The number of hydrogen-bond acceptors (Lipinski definition) is 4. The molecule has 0 heterocycles. The number of hydrogen-bond donors (Lipinski definition) is 1. The average molecular weight is 376 g/mol. The van der Waals surface area contributed by atoms with Crippen LogP contribution in [-0.4, -0.2) is 45.5 Å². The zero-order valence-electron chi connectivity index (χ0n) is 15.2. The highest BCUT2D eigenvalue weighted by atomic mass is 32.2. The van der Waals surface area contributed by atoms with Gasteiger partial charge in [0.2, 0.25) is 15.9 Å². The van der Waals surface area contributed by atoms with Gasteiger partial charge in [0, 0.05) is 7.05 Å². The lowest BCUT2D eigenvalue weighted by molar-refractivity contribution is -0.131. The number of amides is 1. The second kappa shape index (κ2) is 8.82. The molecule has 1 amide bonds. The van der Waals surface area contributed by atoms with Gasteiger partial charge in [-0.3, -0.25) is 4.79 Å². The van der Waals surface area contributed by atoms with Crippen LogP contribution >= 0.6 is 0 Å². The topological polar surface area (TPSA) is 75.7 Å². The number of likely N-dealkylation sites (N-methyl/N-ethyl adjacent to an activating group) is 1. The Bertz CT molecular complexity index is 838. The van der Waals surface area contributed by atoms with Crippen LogP contribution in [0.2, 0.25) is 0 Å². The van der Waals surface area contributed by atoms with Gasteiger partial charge in [-0.05, 0) is 43.7 Å². The van der Waals surface area contributed by atoms with E-state index in [1.54, 1.807) is 25.2 Å². The predicted octanol–water partition coefficient (Wildman–Crippen LogP) is 2.20. The van der Waals surface area contributed by atoms with Crippen LogP contribution in [0.4, 0.5) is 0 Å². The van der Waals surface area contributed by atoms with Crippen LogP contribution < -0.4 is 9.46 Å². The Morgan fingerprint density at radius 2 is 1.85 bits per heavy atom. The number of rotatable bonds is 8. The Morgan fingerprint density at radius 1 is 1.15 bits per heavy atom. The van der Waals surface area contributed by atoms with E-state index in [0.717, 1.165) is 11.3 Å². The van der Waals surface area contributed by atoms with Gasteiger partial charge in [0.1, 0.15) is 12.4 Å². The molecule has 7 heteroatoms. The Morgan fingerprint density at radius 3 is 2.50 bits per heavy atom. The van der Waals surface area contributed by atoms with Crippen molar-refractivity contribution in [3.05, 3.63) is 60.2 Å². The maximum absolute atomic E-state index is 12.4. The SMILES string of the molecule is Cc1cccc(OCCN(C)C(=O)[C@H](C)NS(=O)(=O)c2ccccc2)c1. The zero-order chi connectivity index (χ0) is 19.2. The summed E-state index contributed by atoms with van der Waals surface area (Å²) >= 11 is 0. The van der Waals surface area contributed by atoms with Crippen LogP contribution in [0.25, 0.3) is 0 Å². The molecule has 2 aromatic carbocycles. The lowest BCUT2D eigenvalue weighted by Gasteiger charge is -2.22. The van der Waals surface area contributed by atoms with Crippen molar-refractivity contribution in [1.29, 1.82) is 0 Å². The van der Waals surface area contributed by atoms with E-state index in [1.807, 2.05) is 31.2 Å². The smallest absolute Gasteiger partial charge is 0.241 e. The molecule has 0 aromatic heterocycles. The summed E-state index contributed by atoms with van der Waals surface area (Å²) in [5.74, 6) is 0.418. The summed E-state index contributed by atoms with van der Waals surface area (Å²) in [6, 6.07) is 14.7. The van der Waals surface area contributed by atoms with Crippen molar-refractivity contribution in [3.8, 4) is 5.75 Å². The van der Waals surface area contributed by atoms with Crippen molar-refractivity contribution < 1.29 is 17.9 Å². The van der Waals surface area contributed by atoms with Gasteiger partial charge in [-0.15, -0.1) is 0 Å². The molecule has 1 atom stereocenters. The number of carbonyl (C=O) groups excluding carboxylic acids is 1. The quantitative estimate of drug-likeness (QED) is 0.766. The first-order chi connectivity index (χ1) is 12.3. The monoisotopic (exact) mass is 376 g/mol. The largest absolute Gasteiger partial charge is 0.492 e. The molecule has 2 aromatic rings. The number of benzene rings is 2. The minimum Gasteiger partial charge on any atom is -0.492 e. The van der Waals surface area contributed by atoms with Gasteiger partial charge in [-0.25, -0.2) is 8.42 Å². The second-order valence-corrected chi connectivity index (χ2v) is 7.79. The van der Waals surface area contributed by atoms with Crippen LogP contribution in [-0.2, 0) is 14.8 Å². The summed E-state index contributed by atoms with van der Waals surface area (Å²) in [5, 5.41) is 0. The summed E-state index contributed by atoms with van der Waals surface area (Å²) in [4.78, 5) is 14.0. The van der Waals surface area contributed by atoms with Crippen molar-refractivity contribution in [1.82, 2.24) is 9.62 Å². The molecule has 0 aliphatic heterocycles. The summed E-state index contributed by atoms with van der Waals surface area (Å²) in [5.41, 5.74) is 1.09. The molecule has 0 aliphatic rings. The molecule has 26 heavy (non-hydrogen) atoms. The van der Waals surface area contributed by atoms with E-state index < -0.39 is 16.1 Å². The molecular formula is C19H24N2O4S.